The van der Waals surface area contributed by atoms with Crippen molar-refractivity contribution in [2.75, 3.05) is 0 Å². The quantitative estimate of drug-likeness (QED) is 0.852. The Hall–Kier alpha value is -1.35. The number of nitrogens with zero attached hydrogens (tertiary/aromatic N) is 2. The number of imidazole rings is 1. The van der Waals surface area contributed by atoms with Gasteiger partial charge in [0.1, 0.15) is 5.65 Å². The molecule has 1 unspecified atom stereocenters. The maximum absolute atomic E-state index is 5.86. The van der Waals surface area contributed by atoms with E-state index in [1.54, 1.807) is 0 Å². The van der Waals surface area contributed by atoms with E-state index in [0.29, 0.717) is 5.92 Å². The van der Waals surface area contributed by atoms with Gasteiger partial charge in [0.2, 0.25) is 0 Å². The van der Waals surface area contributed by atoms with Crippen LogP contribution in [0.25, 0.3) is 5.65 Å². The van der Waals surface area contributed by atoms with Crippen LogP contribution in [0, 0.1) is 0 Å². The SMILES string of the molecule is CC(N)Cc1cccc2nc(C3CC3)cn12. The topological polar surface area (TPSA) is 43.3 Å². The third-order valence-electron chi connectivity index (χ3n) is 3.12. The highest BCUT2D eigenvalue weighted by Gasteiger charge is 2.26. The molecule has 2 N–H and O–H groups in total. The molecule has 3 nitrogen and oxygen atoms in total. The molecule has 0 saturated heterocycles. The Bertz CT molecular complexity index is 509. The van der Waals surface area contributed by atoms with Gasteiger partial charge < -0.3 is 10.1 Å². The summed E-state index contributed by atoms with van der Waals surface area (Å²) in [6, 6.07) is 6.46. The molecule has 3 rings (SSSR count). The van der Waals surface area contributed by atoms with E-state index >= 15 is 0 Å². The van der Waals surface area contributed by atoms with Gasteiger partial charge in [-0.25, -0.2) is 4.98 Å². The summed E-state index contributed by atoms with van der Waals surface area (Å²) in [5, 5.41) is 0. The smallest absolute Gasteiger partial charge is 0.137 e. The molecular formula is C13H17N3. The number of nitrogens with two attached hydrogens (primary N) is 1. The van der Waals surface area contributed by atoms with Crippen molar-refractivity contribution in [3.63, 3.8) is 0 Å². The summed E-state index contributed by atoms with van der Waals surface area (Å²) in [4.78, 5) is 4.66. The lowest BCUT2D eigenvalue weighted by atomic mass is 10.2. The largest absolute Gasteiger partial charge is 0.328 e. The summed E-state index contributed by atoms with van der Waals surface area (Å²) in [6.07, 6.45) is 5.68. The van der Waals surface area contributed by atoms with Crippen molar-refractivity contribution >= 4 is 5.65 Å². The highest BCUT2D eigenvalue weighted by atomic mass is 15.0. The minimum atomic E-state index is 0.192. The lowest BCUT2D eigenvalue weighted by Gasteiger charge is -2.07. The number of hydrogen-bond donors (Lipinski definition) is 1. The normalized spacial score (nSPS) is 17.9. The van der Waals surface area contributed by atoms with Crippen molar-refractivity contribution in [1.29, 1.82) is 0 Å². The van der Waals surface area contributed by atoms with Crippen LogP contribution in [0.2, 0.25) is 0 Å². The van der Waals surface area contributed by atoms with Crippen molar-refractivity contribution in [3.05, 3.63) is 35.8 Å². The van der Waals surface area contributed by atoms with Gasteiger partial charge in [0, 0.05) is 30.3 Å². The first-order valence-electron chi connectivity index (χ1n) is 5.96. The molecule has 84 valence electrons. The van der Waals surface area contributed by atoms with Crippen LogP contribution in [-0.2, 0) is 6.42 Å². The van der Waals surface area contributed by atoms with E-state index in [0.717, 1.165) is 12.1 Å². The minimum Gasteiger partial charge on any atom is -0.328 e. The maximum atomic E-state index is 5.86. The molecule has 1 aliphatic carbocycles. The van der Waals surface area contributed by atoms with Crippen LogP contribution in [0.3, 0.4) is 0 Å². The van der Waals surface area contributed by atoms with E-state index in [-0.39, 0.29) is 6.04 Å². The summed E-state index contributed by atoms with van der Waals surface area (Å²) < 4.78 is 2.19. The highest BCUT2D eigenvalue weighted by molar-refractivity contribution is 5.43. The van der Waals surface area contributed by atoms with Crippen molar-refractivity contribution in [2.24, 2.45) is 5.73 Å². The Kier molecular flexibility index (Phi) is 2.21. The summed E-state index contributed by atoms with van der Waals surface area (Å²) in [6.45, 7) is 2.04. The number of aromatic nitrogens is 2. The van der Waals surface area contributed by atoms with Gasteiger partial charge in [-0.05, 0) is 31.9 Å². The fourth-order valence-electron chi connectivity index (χ4n) is 2.16. The Morgan fingerprint density at radius 1 is 1.50 bits per heavy atom. The van der Waals surface area contributed by atoms with Crippen LogP contribution in [0.5, 0.6) is 0 Å². The highest BCUT2D eigenvalue weighted by Crippen LogP contribution is 2.39. The van der Waals surface area contributed by atoms with E-state index in [9.17, 15) is 0 Å². The fourth-order valence-corrected chi connectivity index (χ4v) is 2.16. The van der Waals surface area contributed by atoms with Crippen LogP contribution in [0.4, 0.5) is 0 Å². The van der Waals surface area contributed by atoms with E-state index in [1.165, 1.54) is 24.2 Å². The Labute approximate surface area is 95.3 Å². The molecule has 0 bridgehead atoms. The van der Waals surface area contributed by atoms with Crippen molar-refractivity contribution in [1.82, 2.24) is 9.38 Å². The molecule has 0 aliphatic heterocycles. The third kappa shape index (κ3) is 1.71. The van der Waals surface area contributed by atoms with Gasteiger partial charge in [-0.3, -0.25) is 0 Å². The fraction of sp³-hybridized carbons (Fsp3) is 0.462. The molecule has 1 saturated carbocycles. The zero-order valence-corrected chi connectivity index (χ0v) is 9.56. The first-order chi connectivity index (χ1) is 7.74. The van der Waals surface area contributed by atoms with Crippen molar-refractivity contribution < 1.29 is 0 Å². The van der Waals surface area contributed by atoms with Gasteiger partial charge in [0.25, 0.3) is 0 Å². The van der Waals surface area contributed by atoms with E-state index in [2.05, 4.69) is 33.8 Å². The summed E-state index contributed by atoms with van der Waals surface area (Å²) in [5.41, 5.74) is 9.42. The first-order valence-corrected chi connectivity index (χ1v) is 5.96. The Morgan fingerprint density at radius 2 is 2.31 bits per heavy atom. The third-order valence-corrected chi connectivity index (χ3v) is 3.12. The van der Waals surface area contributed by atoms with Crippen LogP contribution in [-0.4, -0.2) is 15.4 Å². The molecular weight excluding hydrogens is 198 g/mol. The lowest BCUT2D eigenvalue weighted by molar-refractivity contribution is 0.714. The number of rotatable bonds is 3. The number of pyridine rings is 1. The zero-order chi connectivity index (χ0) is 11.1. The molecule has 2 aromatic heterocycles. The van der Waals surface area contributed by atoms with Crippen molar-refractivity contribution in [2.45, 2.75) is 38.1 Å². The zero-order valence-electron chi connectivity index (χ0n) is 9.56. The van der Waals surface area contributed by atoms with Crippen molar-refractivity contribution in [3.8, 4) is 0 Å². The van der Waals surface area contributed by atoms with E-state index in [1.807, 2.05) is 6.92 Å². The molecule has 2 heterocycles. The molecule has 1 aliphatic rings. The standard InChI is InChI=1S/C13H17N3/c1-9(14)7-11-3-2-4-13-15-12(8-16(11)13)10-5-6-10/h2-4,8-10H,5-7,14H2,1H3. The summed E-state index contributed by atoms with van der Waals surface area (Å²) in [7, 11) is 0. The predicted octanol–water partition coefficient (Wildman–Crippen LogP) is 2.10. The predicted molar refractivity (Wildman–Crippen MR) is 64.5 cm³/mol. The molecule has 1 fully saturated rings. The average Bonchev–Trinajstić information content (AvgIpc) is 2.98. The second-order valence-corrected chi connectivity index (χ2v) is 4.87. The van der Waals surface area contributed by atoms with Gasteiger partial charge in [-0.15, -0.1) is 0 Å². The second kappa shape index (κ2) is 3.59. The minimum absolute atomic E-state index is 0.192. The van der Waals surface area contributed by atoms with Crippen LogP contribution >= 0.6 is 0 Å². The molecule has 1 atom stereocenters. The first kappa shape index (κ1) is 9.85. The van der Waals surface area contributed by atoms with Crippen LogP contribution in [0.15, 0.2) is 24.4 Å². The molecule has 0 aromatic carbocycles. The van der Waals surface area contributed by atoms with Gasteiger partial charge in [-0.2, -0.15) is 0 Å². The molecule has 0 radical (unpaired) electrons. The number of hydrogen-bond acceptors (Lipinski definition) is 2. The van der Waals surface area contributed by atoms with E-state index in [4.69, 9.17) is 5.73 Å². The molecule has 16 heavy (non-hydrogen) atoms. The molecule has 3 heteroatoms. The lowest BCUT2D eigenvalue weighted by Crippen LogP contribution is -2.19. The number of fused-ring (bicyclic) bond motifs is 1. The Balaban J connectivity index is 2.06. The summed E-state index contributed by atoms with van der Waals surface area (Å²) in [5.74, 6) is 0.711. The molecule has 0 spiro atoms. The summed E-state index contributed by atoms with van der Waals surface area (Å²) >= 11 is 0. The average molecular weight is 215 g/mol. The van der Waals surface area contributed by atoms with Gasteiger partial charge in [0.15, 0.2) is 0 Å². The van der Waals surface area contributed by atoms with Crippen LogP contribution < -0.4 is 5.73 Å². The van der Waals surface area contributed by atoms with Gasteiger partial charge in [0.05, 0.1) is 5.69 Å². The second-order valence-electron chi connectivity index (χ2n) is 4.87. The van der Waals surface area contributed by atoms with Gasteiger partial charge in [-0.1, -0.05) is 6.07 Å². The van der Waals surface area contributed by atoms with Crippen LogP contribution in [0.1, 0.15) is 37.1 Å². The Morgan fingerprint density at radius 3 is 3.00 bits per heavy atom. The molecule has 0 amide bonds. The van der Waals surface area contributed by atoms with Gasteiger partial charge >= 0.3 is 0 Å². The monoisotopic (exact) mass is 215 g/mol. The maximum Gasteiger partial charge on any atom is 0.137 e. The van der Waals surface area contributed by atoms with E-state index < -0.39 is 0 Å². The molecule has 2 aromatic rings.